The van der Waals surface area contributed by atoms with Gasteiger partial charge in [-0.05, 0) is 11.8 Å². The molecule has 0 amide bonds. The van der Waals surface area contributed by atoms with E-state index in [0.29, 0.717) is 0 Å². The Morgan fingerprint density at radius 3 is 1.42 bits per heavy atom. The van der Waals surface area contributed by atoms with Gasteiger partial charge in [0.25, 0.3) is 0 Å². The molecule has 6 heteroatoms. The topological polar surface area (TPSA) is 93.1 Å². The van der Waals surface area contributed by atoms with E-state index in [1.165, 1.54) is 0 Å². The Bertz CT molecular complexity index is 268. The highest BCUT2D eigenvalue weighted by Crippen LogP contribution is 2.38. The predicted molar refractivity (Wildman–Crippen MR) is 68.2 cm³/mol. The second-order valence-corrected chi connectivity index (χ2v) is 4.90. The van der Waals surface area contributed by atoms with Gasteiger partial charge < -0.3 is 19.7 Å². The van der Waals surface area contributed by atoms with Crippen molar-refractivity contribution in [2.24, 2.45) is 17.3 Å². The second-order valence-electron chi connectivity index (χ2n) is 4.90. The van der Waals surface area contributed by atoms with Crippen LogP contribution in [-0.2, 0) is 19.1 Å². The molecule has 0 aliphatic heterocycles. The number of aliphatic hydroxyl groups is 2. The minimum Gasteiger partial charge on any atom is -0.462 e. The lowest BCUT2D eigenvalue weighted by Crippen LogP contribution is -2.50. The summed E-state index contributed by atoms with van der Waals surface area (Å²) >= 11 is 0. The Hall–Kier alpha value is -1.14. The number of esters is 2. The van der Waals surface area contributed by atoms with Crippen LogP contribution in [0.4, 0.5) is 0 Å². The number of aliphatic hydroxyl groups excluding tert-OH is 2. The maximum atomic E-state index is 12.2. The first kappa shape index (κ1) is 17.9. The van der Waals surface area contributed by atoms with E-state index in [2.05, 4.69) is 0 Å². The summed E-state index contributed by atoms with van der Waals surface area (Å²) in [5.74, 6) is -2.06. The molecule has 0 atom stereocenters. The van der Waals surface area contributed by atoms with Crippen LogP contribution < -0.4 is 0 Å². The van der Waals surface area contributed by atoms with Crippen molar-refractivity contribution in [1.82, 2.24) is 0 Å². The molecule has 0 spiro atoms. The molecule has 0 heterocycles. The summed E-state index contributed by atoms with van der Waals surface area (Å²) in [6.07, 6.45) is 0. The fourth-order valence-electron chi connectivity index (χ4n) is 2.21. The molecule has 0 aliphatic carbocycles. The van der Waals surface area contributed by atoms with Crippen molar-refractivity contribution in [2.45, 2.75) is 27.7 Å². The van der Waals surface area contributed by atoms with E-state index in [1.54, 1.807) is 27.7 Å². The maximum absolute atomic E-state index is 12.2. The lowest BCUT2D eigenvalue weighted by atomic mass is 9.69. The lowest BCUT2D eigenvalue weighted by Gasteiger charge is -2.36. The van der Waals surface area contributed by atoms with Crippen molar-refractivity contribution in [3.63, 3.8) is 0 Å². The summed E-state index contributed by atoms with van der Waals surface area (Å²) in [5, 5.41) is 17.4. The highest BCUT2D eigenvalue weighted by molar-refractivity contribution is 6.00. The number of hydrogen-bond donors (Lipinski definition) is 2. The van der Waals surface area contributed by atoms with Crippen LogP contribution in [0.1, 0.15) is 27.7 Å². The van der Waals surface area contributed by atoms with Gasteiger partial charge in [0.1, 0.15) is 13.2 Å². The summed E-state index contributed by atoms with van der Waals surface area (Å²) in [6.45, 7) is 6.02. The van der Waals surface area contributed by atoms with E-state index in [0.717, 1.165) is 0 Å². The Kier molecular flexibility index (Phi) is 7.63. The minimum atomic E-state index is -1.43. The van der Waals surface area contributed by atoms with Gasteiger partial charge in [-0.25, -0.2) is 0 Å². The molecule has 0 rings (SSSR count). The first-order chi connectivity index (χ1) is 8.85. The standard InChI is InChI=1S/C13H24O6/c1-9(2)13(10(3)4,11(16)18-7-5-14)12(17)19-8-6-15/h9-10,14-15H,5-8H2,1-4H3. The summed E-state index contributed by atoms with van der Waals surface area (Å²) < 4.78 is 9.86. The Morgan fingerprint density at radius 1 is 0.895 bits per heavy atom. The van der Waals surface area contributed by atoms with Crippen LogP contribution in [0.5, 0.6) is 0 Å². The molecule has 6 nitrogen and oxygen atoms in total. The zero-order valence-electron chi connectivity index (χ0n) is 12.0. The maximum Gasteiger partial charge on any atom is 0.324 e. The molecule has 0 aromatic heterocycles. The molecule has 0 fully saturated rings. The van der Waals surface area contributed by atoms with Gasteiger partial charge in [0.05, 0.1) is 13.2 Å². The Morgan fingerprint density at radius 2 is 1.21 bits per heavy atom. The zero-order valence-corrected chi connectivity index (χ0v) is 12.0. The molecule has 0 bridgehead atoms. The molecule has 2 N–H and O–H groups in total. The van der Waals surface area contributed by atoms with E-state index in [-0.39, 0.29) is 38.3 Å². The molecule has 0 saturated heterocycles. The quantitative estimate of drug-likeness (QED) is 0.491. The average molecular weight is 276 g/mol. The van der Waals surface area contributed by atoms with Gasteiger partial charge in [-0.2, -0.15) is 0 Å². The molecule has 0 unspecified atom stereocenters. The molecule has 0 aliphatic rings. The van der Waals surface area contributed by atoms with E-state index in [1.807, 2.05) is 0 Å². The molecule has 0 radical (unpaired) electrons. The first-order valence-electron chi connectivity index (χ1n) is 6.41. The van der Waals surface area contributed by atoms with E-state index in [9.17, 15) is 9.59 Å². The molecule has 0 saturated carbocycles. The van der Waals surface area contributed by atoms with Crippen LogP contribution in [0.2, 0.25) is 0 Å². The van der Waals surface area contributed by atoms with Crippen LogP contribution in [0.25, 0.3) is 0 Å². The number of carbonyl (C=O) groups excluding carboxylic acids is 2. The first-order valence-corrected chi connectivity index (χ1v) is 6.41. The van der Waals surface area contributed by atoms with Gasteiger partial charge in [0.15, 0.2) is 5.41 Å². The molecular weight excluding hydrogens is 252 g/mol. The summed E-state index contributed by atoms with van der Waals surface area (Å²) in [6, 6.07) is 0. The van der Waals surface area contributed by atoms with Crippen LogP contribution in [0, 0.1) is 17.3 Å². The monoisotopic (exact) mass is 276 g/mol. The number of carbonyl (C=O) groups is 2. The van der Waals surface area contributed by atoms with E-state index < -0.39 is 17.4 Å². The highest BCUT2D eigenvalue weighted by atomic mass is 16.6. The van der Waals surface area contributed by atoms with Crippen LogP contribution in [0.15, 0.2) is 0 Å². The molecule has 0 aromatic rings. The summed E-state index contributed by atoms with van der Waals surface area (Å²) in [4.78, 5) is 24.4. The van der Waals surface area contributed by atoms with E-state index >= 15 is 0 Å². The predicted octanol–water partition coefficient (Wildman–Crippen LogP) is 0.356. The SMILES string of the molecule is CC(C)C(C(=O)OCCO)(C(=O)OCCO)C(C)C. The summed E-state index contributed by atoms with van der Waals surface area (Å²) in [5.41, 5.74) is -1.43. The number of hydrogen-bond acceptors (Lipinski definition) is 6. The van der Waals surface area contributed by atoms with Gasteiger partial charge in [0.2, 0.25) is 0 Å². The van der Waals surface area contributed by atoms with Crippen LogP contribution >= 0.6 is 0 Å². The average Bonchev–Trinajstić information content (AvgIpc) is 2.33. The number of rotatable bonds is 8. The van der Waals surface area contributed by atoms with Crippen molar-refractivity contribution in [3.05, 3.63) is 0 Å². The fourth-order valence-corrected chi connectivity index (χ4v) is 2.21. The Balaban J connectivity index is 5.30. The largest absolute Gasteiger partial charge is 0.462 e. The smallest absolute Gasteiger partial charge is 0.324 e. The van der Waals surface area contributed by atoms with Crippen LogP contribution in [0.3, 0.4) is 0 Å². The van der Waals surface area contributed by atoms with Gasteiger partial charge >= 0.3 is 11.9 Å². The van der Waals surface area contributed by atoms with Crippen molar-refractivity contribution in [2.75, 3.05) is 26.4 Å². The normalized spacial score (nSPS) is 11.8. The zero-order chi connectivity index (χ0) is 15.1. The van der Waals surface area contributed by atoms with Crippen molar-refractivity contribution in [1.29, 1.82) is 0 Å². The summed E-state index contributed by atoms with van der Waals surface area (Å²) in [7, 11) is 0. The highest BCUT2D eigenvalue weighted by Gasteiger charge is 2.54. The van der Waals surface area contributed by atoms with Crippen molar-refractivity contribution in [3.8, 4) is 0 Å². The Labute approximate surface area is 113 Å². The van der Waals surface area contributed by atoms with E-state index in [4.69, 9.17) is 19.7 Å². The van der Waals surface area contributed by atoms with Gasteiger partial charge in [0, 0.05) is 0 Å². The third-order valence-electron chi connectivity index (χ3n) is 3.15. The molecule has 112 valence electrons. The molecule has 19 heavy (non-hydrogen) atoms. The van der Waals surface area contributed by atoms with Gasteiger partial charge in [-0.3, -0.25) is 9.59 Å². The molecule has 0 aromatic carbocycles. The third-order valence-corrected chi connectivity index (χ3v) is 3.15. The fraction of sp³-hybridized carbons (Fsp3) is 0.846. The lowest BCUT2D eigenvalue weighted by molar-refractivity contribution is -0.182. The van der Waals surface area contributed by atoms with Crippen molar-refractivity contribution < 1.29 is 29.3 Å². The minimum absolute atomic E-state index is 0.159. The second kappa shape index (κ2) is 8.12. The third kappa shape index (κ3) is 3.91. The number of ether oxygens (including phenoxy) is 2. The van der Waals surface area contributed by atoms with Crippen molar-refractivity contribution >= 4 is 11.9 Å². The van der Waals surface area contributed by atoms with Gasteiger partial charge in [-0.15, -0.1) is 0 Å². The van der Waals surface area contributed by atoms with Crippen LogP contribution in [-0.4, -0.2) is 48.6 Å². The van der Waals surface area contributed by atoms with Gasteiger partial charge in [-0.1, -0.05) is 27.7 Å². The molecular formula is C13H24O6.